The van der Waals surface area contributed by atoms with Crippen molar-refractivity contribution in [2.75, 3.05) is 26.0 Å². The molecule has 0 radical (unpaired) electrons. The summed E-state index contributed by atoms with van der Waals surface area (Å²) in [4.78, 5) is 28.6. The summed E-state index contributed by atoms with van der Waals surface area (Å²) in [6.07, 6.45) is 1.34. The summed E-state index contributed by atoms with van der Waals surface area (Å²) in [5.74, 6) is -0.0954. The first kappa shape index (κ1) is 20.1. The van der Waals surface area contributed by atoms with Crippen LogP contribution in [0.2, 0.25) is 0 Å². The zero-order valence-electron chi connectivity index (χ0n) is 16.7. The average Bonchev–Trinajstić information content (AvgIpc) is 3.30. The summed E-state index contributed by atoms with van der Waals surface area (Å²) in [6, 6.07) is 12.9. The van der Waals surface area contributed by atoms with Crippen LogP contribution in [-0.4, -0.2) is 62.5 Å². The number of sulfonamides is 1. The fourth-order valence-electron chi connectivity index (χ4n) is 3.80. The van der Waals surface area contributed by atoms with E-state index in [1.165, 1.54) is 11.0 Å². The van der Waals surface area contributed by atoms with Crippen molar-refractivity contribution >= 4 is 33.4 Å². The van der Waals surface area contributed by atoms with Gasteiger partial charge in [0, 0.05) is 37.5 Å². The van der Waals surface area contributed by atoms with Crippen molar-refractivity contribution in [1.82, 2.24) is 9.80 Å². The third-order valence-corrected chi connectivity index (χ3v) is 6.55. The highest BCUT2D eigenvalue weighted by Gasteiger charge is 2.39. The quantitative estimate of drug-likeness (QED) is 0.809. The van der Waals surface area contributed by atoms with E-state index in [-0.39, 0.29) is 16.7 Å². The molecule has 1 fully saturated rings. The standard InChI is InChI=1S/C21H22N4O4S/c1-24(2)21(27)14-7-5-8-15(13-14)22-20(26)17-10-6-12-25(17)19-16-9-3-4-11-18(16)30(28,29)23-19/h3-5,7-9,11,13,17H,6,10,12H2,1-2H3,(H,22,26)/t17-/m0/s1. The van der Waals surface area contributed by atoms with Crippen molar-refractivity contribution < 1.29 is 18.0 Å². The lowest BCUT2D eigenvalue weighted by atomic mass is 10.1. The number of fused-ring (bicyclic) bond motifs is 1. The average molecular weight is 426 g/mol. The summed E-state index contributed by atoms with van der Waals surface area (Å²) in [5, 5.41) is 2.86. The van der Waals surface area contributed by atoms with Crippen molar-refractivity contribution in [3.8, 4) is 0 Å². The number of nitrogens with zero attached hydrogens (tertiary/aromatic N) is 3. The molecule has 2 aromatic carbocycles. The van der Waals surface area contributed by atoms with Gasteiger partial charge in [0.2, 0.25) is 5.91 Å². The number of rotatable bonds is 3. The van der Waals surface area contributed by atoms with E-state index < -0.39 is 16.1 Å². The molecule has 1 atom stereocenters. The van der Waals surface area contributed by atoms with Gasteiger partial charge in [-0.1, -0.05) is 18.2 Å². The molecule has 1 saturated heterocycles. The van der Waals surface area contributed by atoms with E-state index >= 15 is 0 Å². The first-order valence-electron chi connectivity index (χ1n) is 9.61. The molecule has 0 aromatic heterocycles. The Morgan fingerprint density at radius 1 is 1.13 bits per heavy atom. The molecule has 2 aliphatic heterocycles. The number of hydrogen-bond donors (Lipinski definition) is 1. The molecule has 30 heavy (non-hydrogen) atoms. The lowest BCUT2D eigenvalue weighted by molar-refractivity contribution is -0.119. The van der Waals surface area contributed by atoms with Crippen LogP contribution in [0.25, 0.3) is 0 Å². The molecule has 0 bridgehead atoms. The van der Waals surface area contributed by atoms with Crippen molar-refractivity contribution in [2.45, 2.75) is 23.8 Å². The molecule has 0 aliphatic carbocycles. The Bertz CT molecular complexity index is 1160. The Balaban J connectivity index is 1.57. The molecule has 156 valence electrons. The number of carbonyl (C=O) groups is 2. The fraction of sp³-hybridized carbons (Fsp3) is 0.286. The van der Waals surface area contributed by atoms with Gasteiger partial charge in [0.05, 0.1) is 0 Å². The van der Waals surface area contributed by atoms with Gasteiger partial charge in [0.1, 0.15) is 10.9 Å². The number of benzene rings is 2. The SMILES string of the molecule is CN(C)C(=O)c1cccc(NC(=O)[C@@H]2CCCN2C2=NS(=O)(=O)c3ccccc32)c1. The highest BCUT2D eigenvalue weighted by atomic mass is 32.2. The smallest absolute Gasteiger partial charge is 0.285 e. The zero-order valence-corrected chi connectivity index (χ0v) is 17.5. The van der Waals surface area contributed by atoms with E-state index in [1.54, 1.807) is 61.5 Å². The largest absolute Gasteiger partial charge is 0.345 e. The van der Waals surface area contributed by atoms with Gasteiger partial charge in [0.25, 0.3) is 15.9 Å². The second-order valence-corrected chi connectivity index (χ2v) is 9.08. The maximum atomic E-state index is 13.0. The van der Waals surface area contributed by atoms with Gasteiger partial charge in [0.15, 0.2) is 5.84 Å². The minimum absolute atomic E-state index is 0.157. The molecule has 2 amide bonds. The molecule has 2 aromatic rings. The number of nitrogens with one attached hydrogen (secondary N) is 1. The van der Waals surface area contributed by atoms with Crippen LogP contribution in [0.3, 0.4) is 0 Å². The van der Waals surface area contributed by atoms with Crippen molar-refractivity contribution in [3.63, 3.8) is 0 Å². The Kier molecular flexibility index (Phi) is 5.07. The Hall–Kier alpha value is -3.20. The van der Waals surface area contributed by atoms with Gasteiger partial charge in [-0.05, 0) is 43.2 Å². The van der Waals surface area contributed by atoms with E-state index in [0.29, 0.717) is 35.6 Å². The van der Waals surface area contributed by atoms with Crippen LogP contribution >= 0.6 is 0 Å². The third kappa shape index (κ3) is 3.56. The highest BCUT2D eigenvalue weighted by molar-refractivity contribution is 7.90. The minimum atomic E-state index is -3.75. The molecule has 2 aliphatic rings. The molecular formula is C21H22N4O4S. The van der Waals surface area contributed by atoms with Crippen LogP contribution in [-0.2, 0) is 14.8 Å². The van der Waals surface area contributed by atoms with Crippen LogP contribution in [0.5, 0.6) is 0 Å². The topological polar surface area (TPSA) is 99.2 Å². The minimum Gasteiger partial charge on any atom is -0.345 e. The highest BCUT2D eigenvalue weighted by Crippen LogP contribution is 2.31. The van der Waals surface area contributed by atoms with Crippen LogP contribution < -0.4 is 5.32 Å². The summed E-state index contributed by atoms with van der Waals surface area (Å²) in [7, 11) is -0.421. The van der Waals surface area contributed by atoms with E-state index in [9.17, 15) is 18.0 Å². The predicted molar refractivity (Wildman–Crippen MR) is 113 cm³/mol. The summed E-state index contributed by atoms with van der Waals surface area (Å²) < 4.78 is 28.7. The second-order valence-electron chi connectivity index (χ2n) is 7.51. The number of hydrogen-bond acceptors (Lipinski definition) is 5. The lowest BCUT2D eigenvalue weighted by Gasteiger charge is -2.25. The lowest BCUT2D eigenvalue weighted by Crippen LogP contribution is -2.43. The molecule has 9 heteroatoms. The van der Waals surface area contributed by atoms with Gasteiger partial charge in [-0.3, -0.25) is 9.59 Å². The summed E-state index contributed by atoms with van der Waals surface area (Å²) >= 11 is 0. The number of amides is 2. The number of amidine groups is 1. The summed E-state index contributed by atoms with van der Waals surface area (Å²) in [5.41, 5.74) is 1.51. The first-order valence-corrected chi connectivity index (χ1v) is 11.1. The molecule has 0 spiro atoms. The van der Waals surface area contributed by atoms with Crippen LogP contribution in [0.1, 0.15) is 28.8 Å². The molecule has 0 saturated carbocycles. The van der Waals surface area contributed by atoms with Crippen LogP contribution in [0.4, 0.5) is 5.69 Å². The van der Waals surface area contributed by atoms with Gasteiger partial charge >= 0.3 is 0 Å². The Morgan fingerprint density at radius 2 is 1.90 bits per heavy atom. The Morgan fingerprint density at radius 3 is 2.67 bits per heavy atom. The zero-order chi connectivity index (χ0) is 21.5. The van der Waals surface area contributed by atoms with Crippen molar-refractivity contribution in [1.29, 1.82) is 0 Å². The molecule has 2 heterocycles. The summed E-state index contributed by atoms with van der Waals surface area (Å²) in [6.45, 7) is 0.542. The van der Waals surface area contributed by atoms with E-state index in [1.807, 2.05) is 0 Å². The molecule has 4 rings (SSSR count). The van der Waals surface area contributed by atoms with Crippen molar-refractivity contribution in [3.05, 3.63) is 59.7 Å². The van der Waals surface area contributed by atoms with Gasteiger partial charge in [-0.25, -0.2) is 0 Å². The van der Waals surface area contributed by atoms with E-state index in [0.717, 1.165) is 6.42 Å². The van der Waals surface area contributed by atoms with Gasteiger partial charge in [-0.15, -0.1) is 4.40 Å². The van der Waals surface area contributed by atoms with Crippen molar-refractivity contribution in [2.24, 2.45) is 4.40 Å². The maximum absolute atomic E-state index is 13.0. The van der Waals surface area contributed by atoms with Gasteiger partial charge in [-0.2, -0.15) is 8.42 Å². The maximum Gasteiger partial charge on any atom is 0.285 e. The number of likely N-dealkylation sites (tertiary alicyclic amines) is 1. The van der Waals surface area contributed by atoms with Crippen LogP contribution in [0.15, 0.2) is 57.8 Å². The monoisotopic (exact) mass is 426 g/mol. The first-order chi connectivity index (χ1) is 14.3. The van der Waals surface area contributed by atoms with E-state index in [4.69, 9.17) is 0 Å². The fourth-order valence-corrected chi connectivity index (χ4v) is 5.02. The predicted octanol–water partition coefficient (Wildman–Crippen LogP) is 1.94. The normalized spacial score (nSPS) is 19.2. The molecule has 1 N–H and O–H groups in total. The second kappa shape index (κ2) is 7.56. The number of anilines is 1. The molecular weight excluding hydrogens is 404 g/mol. The number of carbonyl (C=O) groups excluding carboxylic acids is 2. The molecule has 8 nitrogen and oxygen atoms in total. The van der Waals surface area contributed by atoms with Crippen LogP contribution in [0, 0.1) is 0 Å². The third-order valence-electron chi connectivity index (χ3n) is 5.22. The Labute approximate surface area is 175 Å². The van der Waals surface area contributed by atoms with Gasteiger partial charge < -0.3 is 15.1 Å². The van der Waals surface area contributed by atoms with E-state index in [2.05, 4.69) is 9.71 Å². The molecule has 0 unspecified atom stereocenters.